The smallest absolute Gasteiger partial charge is 0.338 e. The molecule has 1 amide bonds. The third-order valence-electron chi connectivity index (χ3n) is 5.90. The van der Waals surface area contributed by atoms with Crippen LogP contribution in [0.25, 0.3) is 0 Å². The Balaban J connectivity index is 1.75. The van der Waals surface area contributed by atoms with E-state index in [-0.39, 0.29) is 29.1 Å². The maximum atomic E-state index is 13.2. The molecule has 1 saturated heterocycles. The number of halogens is 3. The van der Waals surface area contributed by atoms with Gasteiger partial charge in [-0.2, -0.15) is 13.2 Å². The molecule has 1 aromatic carbocycles. The molecule has 11 heteroatoms. The van der Waals surface area contributed by atoms with Crippen LogP contribution in [0, 0.1) is 5.92 Å². The summed E-state index contributed by atoms with van der Waals surface area (Å²) in [6.07, 6.45) is -3.40. The van der Waals surface area contributed by atoms with E-state index in [2.05, 4.69) is 9.59 Å². The Bertz CT molecular complexity index is 1060. The normalized spacial score (nSPS) is 17.0. The Hall–Kier alpha value is -2.01. The molecular weight excluding hydrogens is 463 g/mol. The van der Waals surface area contributed by atoms with Crippen molar-refractivity contribution in [3.8, 4) is 0 Å². The van der Waals surface area contributed by atoms with Gasteiger partial charge < -0.3 is 4.90 Å². The van der Waals surface area contributed by atoms with Gasteiger partial charge in [0, 0.05) is 13.1 Å². The predicted molar refractivity (Wildman–Crippen MR) is 115 cm³/mol. The van der Waals surface area contributed by atoms with Crippen molar-refractivity contribution >= 4 is 27.3 Å². The summed E-state index contributed by atoms with van der Waals surface area (Å²) >= 11 is 1.06. The number of carbonyl (C=O) groups excluding carboxylic acids is 1. The van der Waals surface area contributed by atoms with Crippen LogP contribution in [-0.4, -0.2) is 47.2 Å². The maximum absolute atomic E-state index is 13.2. The number of aromatic nitrogens is 2. The van der Waals surface area contributed by atoms with Crippen molar-refractivity contribution in [2.75, 3.05) is 13.1 Å². The van der Waals surface area contributed by atoms with E-state index in [1.54, 1.807) is 11.8 Å². The lowest BCUT2D eigenvalue weighted by Gasteiger charge is -2.35. The van der Waals surface area contributed by atoms with Gasteiger partial charge in [0.05, 0.1) is 21.4 Å². The van der Waals surface area contributed by atoms with Crippen LogP contribution in [0.1, 0.15) is 66.9 Å². The SMILES string of the molecule is CCC(C1CCN(C(=O)c2snnc2C(C)C)CC1)S(=O)(=O)c1cccc(C(F)(F)F)c1. The topological polar surface area (TPSA) is 80.2 Å². The summed E-state index contributed by atoms with van der Waals surface area (Å²) in [6.45, 7) is 6.36. The van der Waals surface area contributed by atoms with Crippen molar-refractivity contribution in [1.82, 2.24) is 14.5 Å². The van der Waals surface area contributed by atoms with Crippen molar-refractivity contribution in [2.24, 2.45) is 5.92 Å². The Morgan fingerprint density at radius 1 is 1.25 bits per heavy atom. The average molecular weight is 490 g/mol. The van der Waals surface area contributed by atoms with E-state index in [9.17, 15) is 26.4 Å². The van der Waals surface area contributed by atoms with E-state index in [0.717, 1.165) is 23.7 Å². The van der Waals surface area contributed by atoms with Crippen molar-refractivity contribution in [2.45, 2.75) is 62.3 Å². The molecule has 1 aliphatic heterocycles. The molecule has 1 aromatic heterocycles. The first kappa shape index (κ1) is 24.6. The van der Waals surface area contributed by atoms with Crippen molar-refractivity contribution in [3.05, 3.63) is 40.4 Å². The van der Waals surface area contributed by atoms with E-state index in [4.69, 9.17) is 0 Å². The first-order chi connectivity index (χ1) is 15.0. The number of benzene rings is 1. The molecule has 1 unspecified atom stereocenters. The Labute approximate surface area is 189 Å². The predicted octanol–water partition coefficient (Wildman–Crippen LogP) is 4.79. The second-order valence-electron chi connectivity index (χ2n) is 8.29. The van der Waals surface area contributed by atoms with Crippen molar-refractivity contribution in [1.29, 1.82) is 0 Å². The number of alkyl halides is 3. The van der Waals surface area contributed by atoms with Gasteiger partial charge in [-0.15, -0.1) is 5.10 Å². The summed E-state index contributed by atoms with van der Waals surface area (Å²) in [4.78, 5) is 14.8. The number of carbonyl (C=O) groups is 1. The monoisotopic (exact) mass is 489 g/mol. The molecule has 1 fully saturated rings. The minimum absolute atomic E-state index is 0.0623. The molecular formula is C21H26F3N3O3S2. The molecule has 1 atom stereocenters. The summed E-state index contributed by atoms with van der Waals surface area (Å²) < 4.78 is 69.5. The molecule has 0 N–H and O–H groups in total. The summed E-state index contributed by atoms with van der Waals surface area (Å²) in [5.74, 6) is -0.337. The van der Waals surface area contributed by atoms with Crippen LogP contribution < -0.4 is 0 Å². The van der Waals surface area contributed by atoms with Crippen molar-refractivity contribution in [3.63, 3.8) is 0 Å². The third kappa shape index (κ3) is 4.98. The number of sulfone groups is 1. The highest BCUT2D eigenvalue weighted by molar-refractivity contribution is 7.92. The zero-order chi connectivity index (χ0) is 23.7. The lowest BCUT2D eigenvalue weighted by Crippen LogP contribution is -2.43. The molecule has 1 aliphatic rings. The van der Waals surface area contributed by atoms with Gasteiger partial charge in [0.1, 0.15) is 4.88 Å². The summed E-state index contributed by atoms with van der Waals surface area (Å²) in [6, 6.07) is 3.92. The van der Waals surface area contributed by atoms with E-state index < -0.39 is 26.8 Å². The Morgan fingerprint density at radius 2 is 1.91 bits per heavy atom. The van der Waals surface area contributed by atoms with E-state index >= 15 is 0 Å². The summed E-state index contributed by atoms with van der Waals surface area (Å²) in [7, 11) is -3.95. The van der Waals surface area contributed by atoms with Gasteiger partial charge in [-0.25, -0.2) is 8.42 Å². The van der Waals surface area contributed by atoms with Crippen LogP contribution in [0.15, 0.2) is 29.2 Å². The van der Waals surface area contributed by atoms with Gasteiger partial charge in [-0.3, -0.25) is 4.79 Å². The Kier molecular flexibility index (Phi) is 7.28. The number of amides is 1. The molecule has 3 rings (SSSR count). The molecule has 0 spiro atoms. The maximum Gasteiger partial charge on any atom is 0.416 e. The molecule has 0 bridgehead atoms. The van der Waals surface area contributed by atoms with Crippen LogP contribution in [0.3, 0.4) is 0 Å². The summed E-state index contributed by atoms with van der Waals surface area (Å²) in [5.41, 5.74) is -0.325. The van der Waals surface area contributed by atoms with Crippen LogP contribution in [0.5, 0.6) is 0 Å². The van der Waals surface area contributed by atoms with Crippen LogP contribution in [-0.2, 0) is 16.0 Å². The molecule has 0 saturated carbocycles. The second kappa shape index (κ2) is 9.46. The molecule has 32 heavy (non-hydrogen) atoms. The van der Waals surface area contributed by atoms with Gasteiger partial charge in [0.25, 0.3) is 5.91 Å². The quantitative estimate of drug-likeness (QED) is 0.583. The fraction of sp³-hybridized carbons (Fsp3) is 0.571. The molecule has 2 heterocycles. The molecule has 6 nitrogen and oxygen atoms in total. The van der Waals surface area contributed by atoms with Gasteiger partial charge in [-0.05, 0) is 60.8 Å². The number of likely N-dealkylation sites (tertiary alicyclic amines) is 1. The zero-order valence-corrected chi connectivity index (χ0v) is 19.7. The fourth-order valence-electron chi connectivity index (χ4n) is 4.17. The molecule has 0 aliphatic carbocycles. The number of rotatable bonds is 6. The first-order valence-electron chi connectivity index (χ1n) is 10.5. The first-order valence-corrected chi connectivity index (χ1v) is 12.8. The average Bonchev–Trinajstić information content (AvgIpc) is 3.24. The number of hydrogen-bond acceptors (Lipinski definition) is 6. The van der Waals surface area contributed by atoms with Gasteiger partial charge in [-0.1, -0.05) is 31.3 Å². The van der Waals surface area contributed by atoms with Crippen LogP contribution >= 0.6 is 11.5 Å². The minimum atomic E-state index is -4.61. The molecule has 176 valence electrons. The zero-order valence-electron chi connectivity index (χ0n) is 18.1. The molecule has 0 radical (unpaired) electrons. The van der Waals surface area contributed by atoms with Gasteiger partial charge in [0.15, 0.2) is 9.84 Å². The lowest BCUT2D eigenvalue weighted by atomic mass is 9.91. The number of nitrogens with zero attached hydrogens (tertiary/aromatic N) is 3. The Morgan fingerprint density at radius 3 is 2.47 bits per heavy atom. The second-order valence-corrected chi connectivity index (χ2v) is 11.2. The fourth-order valence-corrected chi connectivity index (χ4v) is 7.09. The van der Waals surface area contributed by atoms with Crippen molar-refractivity contribution < 1.29 is 26.4 Å². The minimum Gasteiger partial charge on any atom is -0.338 e. The highest BCUT2D eigenvalue weighted by atomic mass is 32.2. The number of piperidine rings is 1. The molecule has 2 aromatic rings. The lowest BCUT2D eigenvalue weighted by molar-refractivity contribution is -0.137. The van der Waals surface area contributed by atoms with Gasteiger partial charge >= 0.3 is 6.18 Å². The van der Waals surface area contributed by atoms with Crippen LogP contribution in [0.2, 0.25) is 0 Å². The largest absolute Gasteiger partial charge is 0.416 e. The summed E-state index contributed by atoms with van der Waals surface area (Å²) in [5, 5.41) is 3.23. The van der Waals surface area contributed by atoms with E-state index in [1.165, 1.54) is 6.07 Å². The van der Waals surface area contributed by atoms with Gasteiger partial charge in [0.2, 0.25) is 0 Å². The van der Waals surface area contributed by atoms with E-state index in [1.807, 2.05) is 13.8 Å². The van der Waals surface area contributed by atoms with Crippen LogP contribution in [0.4, 0.5) is 13.2 Å². The standard InChI is InChI=1S/C21H26F3N3O3S2/c1-4-17(32(29,30)16-7-5-6-15(12-16)21(22,23)24)14-8-10-27(11-9-14)20(28)19-18(13(2)3)25-26-31-19/h5-7,12-14,17H,4,8-11H2,1-3H3. The number of hydrogen-bond donors (Lipinski definition) is 0. The van der Waals surface area contributed by atoms with E-state index in [0.29, 0.717) is 42.6 Å². The highest BCUT2D eigenvalue weighted by Gasteiger charge is 2.38. The highest BCUT2D eigenvalue weighted by Crippen LogP contribution is 2.35. The third-order valence-corrected chi connectivity index (χ3v) is 9.05.